The monoisotopic (exact) mass is 782 g/mol. The molecule has 0 bridgehead atoms. The molecule has 0 radical (unpaired) electrons. The van der Waals surface area contributed by atoms with E-state index in [-0.39, 0.29) is 23.8 Å². The Hall–Kier alpha value is -7.40. The van der Waals surface area contributed by atoms with Crippen molar-refractivity contribution in [1.29, 1.82) is 0 Å². The van der Waals surface area contributed by atoms with Crippen LogP contribution in [0.15, 0.2) is 160 Å². The van der Waals surface area contributed by atoms with E-state index in [4.69, 9.17) is 28.9 Å². The van der Waals surface area contributed by atoms with E-state index in [9.17, 15) is 9.59 Å². The molecule has 0 amide bonds. The number of esters is 1. The predicted molar refractivity (Wildman–Crippen MR) is 224 cm³/mol. The molecule has 0 fully saturated rings. The van der Waals surface area contributed by atoms with Gasteiger partial charge in [0.25, 0.3) is 0 Å². The first-order chi connectivity index (χ1) is 28.8. The molecule has 0 spiro atoms. The fraction of sp³-hybridized carbons (Fsp3) is 0.167. The highest BCUT2D eigenvalue weighted by Gasteiger charge is 2.42. The summed E-state index contributed by atoms with van der Waals surface area (Å²) in [4.78, 5) is 30.2. The average molecular weight is 783 g/mol. The lowest BCUT2D eigenvalue weighted by molar-refractivity contribution is 0.0430. The van der Waals surface area contributed by atoms with Gasteiger partial charge in [-0.25, -0.2) is 19.3 Å². The largest absolute Gasteiger partial charge is 0.519 e. The Bertz CT molecular complexity index is 2690. The van der Waals surface area contributed by atoms with E-state index >= 15 is 0 Å². The second-order valence-electron chi connectivity index (χ2n) is 14.3. The topological polar surface area (TPSA) is 131 Å². The van der Waals surface area contributed by atoms with E-state index in [0.29, 0.717) is 30.1 Å². The molecule has 59 heavy (non-hydrogen) atoms. The number of benzene rings is 5. The van der Waals surface area contributed by atoms with Gasteiger partial charge in [0.1, 0.15) is 11.4 Å². The van der Waals surface area contributed by atoms with Crippen molar-refractivity contribution in [2.45, 2.75) is 52.3 Å². The number of ether oxygens (including phenoxy) is 1. The number of hydrogen-bond donors (Lipinski definition) is 0. The summed E-state index contributed by atoms with van der Waals surface area (Å²) in [5.41, 5.74) is 7.21. The van der Waals surface area contributed by atoms with Crippen LogP contribution in [0.3, 0.4) is 0 Å². The summed E-state index contributed by atoms with van der Waals surface area (Å²) in [6.45, 7) is 9.64. The molecular formula is C48H42N6O5. The fourth-order valence-corrected chi connectivity index (χ4v) is 7.68. The second-order valence-corrected chi connectivity index (χ2v) is 14.3. The Labute approximate surface area is 341 Å². The molecule has 294 valence electrons. The number of tetrazole rings is 1. The van der Waals surface area contributed by atoms with Gasteiger partial charge < -0.3 is 18.1 Å². The first kappa shape index (κ1) is 38.5. The van der Waals surface area contributed by atoms with Gasteiger partial charge in [-0.15, -0.1) is 5.10 Å². The van der Waals surface area contributed by atoms with Crippen LogP contribution in [-0.2, 0) is 29.8 Å². The first-order valence-electron chi connectivity index (χ1n) is 19.5. The van der Waals surface area contributed by atoms with Crippen molar-refractivity contribution in [3.63, 3.8) is 0 Å². The quantitative estimate of drug-likeness (QED) is 0.0782. The molecule has 0 aliphatic carbocycles. The SMILES string of the molecule is C=C(C)c1nc(CCC)n(Cc2ccc(-c3ccccc3-c3nnnn3C(c3ccccc3)(c3ccccc3)c3ccccc3)cc2)c1C(=O)OCc1oc(=O)oc1C. The Morgan fingerprint density at radius 3 is 1.90 bits per heavy atom. The third-order valence-electron chi connectivity index (χ3n) is 10.4. The number of rotatable bonds is 14. The molecule has 0 atom stereocenters. The molecule has 0 aliphatic rings. The number of allylic oxidation sites excluding steroid dienone is 1. The predicted octanol–water partition coefficient (Wildman–Crippen LogP) is 9.29. The van der Waals surface area contributed by atoms with E-state index in [2.05, 4.69) is 73.3 Å². The van der Waals surface area contributed by atoms with Gasteiger partial charge in [0, 0.05) is 18.5 Å². The van der Waals surface area contributed by atoms with Gasteiger partial charge in [-0.3, -0.25) is 0 Å². The highest BCUT2D eigenvalue weighted by atomic mass is 16.6. The van der Waals surface area contributed by atoms with Gasteiger partial charge in [-0.05, 0) is 69.6 Å². The van der Waals surface area contributed by atoms with Crippen LogP contribution < -0.4 is 5.82 Å². The number of hydrogen-bond acceptors (Lipinski definition) is 9. The first-order valence-corrected chi connectivity index (χ1v) is 19.5. The smallest absolute Gasteiger partial charge is 0.453 e. The lowest BCUT2D eigenvalue weighted by Gasteiger charge is -2.36. The van der Waals surface area contributed by atoms with Crippen LogP contribution >= 0.6 is 0 Å². The number of nitrogens with zero attached hydrogens (tertiary/aromatic N) is 6. The molecule has 8 aromatic rings. The number of imidazole rings is 1. The molecule has 11 nitrogen and oxygen atoms in total. The molecule has 0 saturated carbocycles. The third-order valence-corrected chi connectivity index (χ3v) is 10.4. The molecule has 0 aliphatic heterocycles. The highest BCUT2D eigenvalue weighted by molar-refractivity contribution is 5.93. The second kappa shape index (κ2) is 16.6. The molecule has 0 N–H and O–H groups in total. The lowest BCUT2D eigenvalue weighted by atomic mass is 9.77. The number of aryl methyl sites for hydroxylation is 2. The highest BCUT2D eigenvalue weighted by Crippen LogP contribution is 2.43. The van der Waals surface area contributed by atoms with Gasteiger partial charge >= 0.3 is 11.8 Å². The molecule has 8 rings (SSSR count). The maximum absolute atomic E-state index is 13.8. The van der Waals surface area contributed by atoms with Crippen molar-refractivity contribution in [3.05, 3.63) is 208 Å². The number of carbonyl (C=O) groups is 1. The van der Waals surface area contributed by atoms with E-state index in [0.717, 1.165) is 51.2 Å². The molecule has 0 saturated heterocycles. The fourth-order valence-electron chi connectivity index (χ4n) is 7.68. The van der Waals surface area contributed by atoms with Crippen molar-refractivity contribution in [2.75, 3.05) is 0 Å². The van der Waals surface area contributed by atoms with Crippen LogP contribution in [0, 0.1) is 6.92 Å². The zero-order valence-electron chi connectivity index (χ0n) is 33.0. The van der Waals surface area contributed by atoms with Crippen molar-refractivity contribution in [2.24, 2.45) is 0 Å². The molecular weight excluding hydrogens is 741 g/mol. The van der Waals surface area contributed by atoms with Crippen LogP contribution in [0.2, 0.25) is 0 Å². The van der Waals surface area contributed by atoms with E-state index < -0.39 is 17.3 Å². The lowest BCUT2D eigenvalue weighted by Crippen LogP contribution is -2.39. The molecule has 11 heteroatoms. The normalized spacial score (nSPS) is 11.4. The standard InChI is InChI=1S/C48H42N6O5/c1-5-17-42-49-43(32(2)3)44(46(55)57-31-41-33(4)58-47(56)59-41)53(42)30-34-26-28-35(29-27-34)39-24-15-16-25-40(39)45-50-51-52-54(45)48(36-18-9-6-10-19-36,37-20-11-7-12-21-37)38-22-13-8-14-23-38/h6-16,18-29H,2,5,17,30-31H2,1,3-4H3. The molecule has 3 aromatic heterocycles. The van der Waals surface area contributed by atoms with E-state index in [1.54, 1.807) is 6.92 Å². The molecule has 0 unspecified atom stereocenters. The van der Waals surface area contributed by atoms with Crippen LogP contribution in [0.4, 0.5) is 0 Å². The van der Waals surface area contributed by atoms with Crippen LogP contribution in [0.25, 0.3) is 28.1 Å². The Morgan fingerprint density at radius 1 is 0.780 bits per heavy atom. The summed E-state index contributed by atoms with van der Waals surface area (Å²) in [6, 6.07) is 47.3. The summed E-state index contributed by atoms with van der Waals surface area (Å²) in [5, 5.41) is 13.8. The van der Waals surface area contributed by atoms with Gasteiger partial charge in [-0.2, -0.15) is 0 Å². The van der Waals surface area contributed by atoms with Crippen molar-refractivity contribution in [3.8, 4) is 22.5 Å². The Balaban J connectivity index is 1.18. The van der Waals surface area contributed by atoms with Gasteiger partial charge in [0.2, 0.25) is 0 Å². The minimum absolute atomic E-state index is 0.149. The van der Waals surface area contributed by atoms with E-state index in [1.165, 1.54) is 0 Å². The van der Waals surface area contributed by atoms with Gasteiger partial charge in [0.15, 0.2) is 29.6 Å². The Morgan fingerprint density at radius 2 is 1.36 bits per heavy atom. The minimum atomic E-state index is -0.910. The Kier molecular flexibility index (Phi) is 10.8. The minimum Gasteiger partial charge on any atom is -0.453 e. The third kappa shape index (κ3) is 7.34. The van der Waals surface area contributed by atoms with Crippen molar-refractivity contribution >= 4 is 11.5 Å². The zero-order valence-corrected chi connectivity index (χ0v) is 33.0. The molecule has 5 aromatic carbocycles. The molecule has 3 heterocycles. The van der Waals surface area contributed by atoms with Crippen LogP contribution in [0.5, 0.6) is 0 Å². The average Bonchev–Trinajstić information content (AvgIpc) is 3.99. The summed E-state index contributed by atoms with van der Waals surface area (Å²) in [7, 11) is 0. The number of carbonyl (C=O) groups excluding carboxylic acids is 1. The summed E-state index contributed by atoms with van der Waals surface area (Å²) >= 11 is 0. The summed E-state index contributed by atoms with van der Waals surface area (Å²) in [6.07, 6.45) is 1.45. The maximum Gasteiger partial charge on any atom is 0.519 e. The van der Waals surface area contributed by atoms with Gasteiger partial charge in [-0.1, -0.05) is 153 Å². The summed E-state index contributed by atoms with van der Waals surface area (Å²) < 4.78 is 19.5. The van der Waals surface area contributed by atoms with Crippen LogP contribution in [0.1, 0.15) is 76.0 Å². The van der Waals surface area contributed by atoms with Gasteiger partial charge in [0.05, 0.1) is 5.69 Å². The maximum atomic E-state index is 13.8. The van der Waals surface area contributed by atoms with Crippen molar-refractivity contribution < 1.29 is 18.4 Å². The number of aromatic nitrogens is 6. The van der Waals surface area contributed by atoms with Crippen LogP contribution in [-0.4, -0.2) is 35.7 Å². The summed E-state index contributed by atoms with van der Waals surface area (Å²) in [5.74, 6) is 0.283. The van der Waals surface area contributed by atoms with E-state index in [1.807, 2.05) is 101 Å². The zero-order chi connectivity index (χ0) is 40.9. The van der Waals surface area contributed by atoms with Crippen molar-refractivity contribution in [1.82, 2.24) is 29.8 Å².